The highest BCUT2D eigenvalue weighted by Crippen LogP contribution is 2.60. The smallest absolute Gasteiger partial charge is 0.449 e. The van der Waals surface area contributed by atoms with Crippen LogP contribution in [0.1, 0.15) is 13.8 Å². The molecule has 0 aliphatic heterocycles. The first kappa shape index (κ1) is 31.8. The predicted octanol–water partition coefficient (Wildman–Crippen LogP) is 7.18. The SMILES string of the molecule is CCOP(=O)(OCC)N(c1cc(NS(=O)(=O)c2ccc(Cl)cc2)c(O)c(Cl)c1Cl)S(=O)(=O)c1ccc(Cl)cc1. The summed E-state index contributed by atoms with van der Waals surface area (Å²) in [6.45, 7) is 2.42. The van der Waals surface area contributed by atoms with Crippen LogP contribution in [0.25, 0.3) is 0 Å². The molecule has 0 aliphatic carbocycles. The summed E-state index contributed by atoms with van der Waals surface area (Å²) in [6, 6.07) is 10.8. The minimum atomic E-state index is -4.80. The third-order valence-electron chi connectivity index (χ3n) is 4.88. The lowest BCUT2D eigenvalue weighted by Gasteiger charge is -2.31. The van der Waals surface area contributed by atoms with Gasteiger partial charge in [0.2, 0.25) is 0 Å². The molecular weight excluding hydrogens is 657 g/mol. The van der Waals surface area contributed by atoms with Gasteiger partial charge in [0.15, 0.2) is 5.75 Å². The van der Waals surface area contributed by atoms with Gasteiger partial charge in [0, 0.05) is 10.0 Å². The number of hydrogen-bond acceptors (Lipinski definition) is 8. The van der Waals surface area contributed by atoms with Crippen LogP contribution in [0.3, 0.4) is 0 Å². The van der Waals surface area contributed by atoms with Crippen molar-refractivity contribution in [3.63, 3.8) is 0 Å². The molecule has 0 radical (unpaired) electrons. The summed E-state index contributed by atoms with van der Waals surface area (Å²) in [5.74, 6) is -0.825. The van der Waals surface area contributed by atoms with Crippen molar-refractivity contribution in [1.29, 1.82) is 0 Å². The minimum absolute atomic E-state index is 0.225. The number of nitrogens with zero attached hydrogens (tertiary/aromatic N) is 1. The molecule has 3 aromatic carbocycles. The summed E-state index contributed by atoms with van der Waals surface area (Å²) in [7, 11) is -13.9. The van der Waals surface area contributed by atoms with Crippen LogP contribution in [-0.4, -0.2) is 35.2 Å². The molecule has 0 saturated heterocycles. The fraction of sp³-hybridized carbons (Fsp3) is 0.182. The maximum Gasteiger partial charge on any atom is 0.449 e. The Morgan fingerprint density at radius 1 is 0.821 bits per heavy atom. The molecule has 10 nitrogen and oxygen atoms in total. The summed E-state index contributed by atoms with van der Waals surface area (Å²) in [4.78, 5) is -0.617. The van der Waals surface area contributed by atoms with Gasteiger partial charge in [-0.05, 0) is 68.4 Å². The fourth-order valence-electron chi connectivity index (χ4n) is 3.21. The van der Waals surface area contributed by atoms with Gasteiger partial charge in [0.25, 0.3) is 20.0 Å². The molecule has 0 aromatic heterocycles. The van der Waals surface area contributed by atoms with Crippen molar-refractivity contribution in [1.82, 2.24) is 0 Å². The van der Waals surface area contributed by atoms with E-state index in [0.717, 1.165) is 18.2 Å². The summed E-state index contributed by atoms with van der Waals surface area (Å²) in [5.41, 5.74) is -1.18. The number of hydrogen-bond donors (Lipinski definition) is 2. The molecule has 0 atom stereocenters. The summed E-state index contributed by atoms with van der Waals surface area (Å²) >= 11 is 24.3. The predicted molar refractivity (Wildman–Crippen MR) is 152 cm³/mol. The Balaban J connectivity index is 2.30. The Labute approximate surface area is 246 Å². The summed E-state index contributed by atoms with van der Waals surface area (Å²) < 4.78 is 80.7. The van der Waals surface area contributed by atoms with Crippen LogP contribution in [0, 0.1) is 0 Å². The Kier molecular flexibility index (Phi) is 10.1. The number of phenolic OH excluding ortho intramolecular Hbond substituents is 1. The number of anilines is 2. The second kappa shape index (κ2) is 12.4. The molecule has 3 rings (SSSR count). The van der Waals surface area contributed by atoms with Gasteiger partial charge >= 0.3 is 7.75 Å². The molecule has 39 heavy (non-hydrogen) atoms. The molecule has 212 valence electrons. The van der Waals surface area contributed by atoms with Crippen LogP contribution in [-0.2, 0) is 33.7 Å². The number of halogens is 4. The molecule has 0 amide bonds. The van der Waals surface area contributed by atoms with Crippen molar-refractivity contribution in [2.45, 2.75) is 23.6 Å². The van der Waals surface area contributed by atoms with Crippen molar-refractivity contribution in [2.75, 3.05) is 22.0 Å². The number of nitrogens with one attached hydrogen (secondary N) is 1. The second-order valence-electron chi connectivity index (χ2n) is 7.49. The first-order valence-corrected chi connectivity index (χ1v) is 16.8. The molecule has 2 N–H and O–H groups in total. The van der Waals surface area contributed by atoms with E-state index in [9.17, 15) is 26.5 Å². The van der Waals surface area contributed by atoms with Gasteiger partial charge in [-0.3, -0.25) is 13.8 Å². The number of aromatic hydroxyl groups is 1. The van der Waals surface area contributed by atoms with Gasteiger partial charge in [0.05, 0.1) is 39.4 Å². The average Bonchev–Trinajstić information content (AvgIpc) is 2.86. The van der Waals surface area contributed by atoms with Gasteiger partial charge in [-0.15, -0.1) is 0 Å². The van der Waals surface area contributed by atoms with Crippen molar-refractivity contribution >= 4 is 85.6 Å². The summed E-state index contributed by atoms with van der Waals surface area (Å²) in [6.07, 6.45) is 0. The highest BCUT2D eigenvalue weighted by molar-refractivity contribution is 7.99. The van der Waals surface area contributed by atoms with E-state index in [1.165, 1.54) is 50.2 Å². The zero-order valence-corrected chi connectivity index (χ0v) is 25.7. The van der Waals surface area contributed by atoms with Crippen molar-refractivity contribution in [3.05, 3.63) is 74.7 Å². The van der Waals surface area contributed by atoms with E-state index in [0.29, 0.717) is 0 Å². The normalized spacial score (nSPS) is 12.4. The fourth-order valence-corrected chi connectivity index (χ4v) is 9.11. The number of sulfonamides is 2. The zero-order valence-electron chi connectivity index (χ0n) is 20.1. The lowest BCUT2D eigenvalue weighted by atomic mass is 10.2. The largest absolute Gasteiger partial charge is 0.504 e. The van der Waals surface area contributed by atoms with E-state index in [2.05, 4.69) is 4.72 Å². The Morgan fingerprint density at radius 2 is 1.28 bits per heavy atom. The lowest BCUT2D eigenvalue weighted by Crippen LogP contribution is -2.30. The second-order valence-corrected chi connectivity index (χ2v) is 14.7. The topological polar surface area (TPSA) is 139 Å². The summed E-state index contributed by atoms with van der Waals surface area (Å²) in [5, 5.41) is 9.90. The van der Waals surface area contributed by atoms with E-state index >= 15 is 0 Å². The Morgan fingerprint density at radius 3 is 1.74 bits per heavy atom. The number of rotatable bonds is 11. The van der Waals surface area contributed by atoms with E-state index in [1.54, 1.807) is 0 Å². The zero-order chi connectivity index (χ0) is 29.2. The first-order valence-electron chi connectivity index (χ1n) is 10.9. The standard InChI is InChI=1S/C22H21Cl4N2O8PS2/c1-3-35-37(30,36-4-2)28(39(33,34)17-11-7-15(24)8-12-17)19-13-18(22(29)21(26)20(19)25)27-38(31,32)16-9-5-14(23)6-10-16/h5-13,27,29H,3-4H2,1-2H3. The van der Waals surface area contributed by atoms with Gasteiger partial charge < -0.3 is 5.11 Å². The quantitative estimate of drug-likeness (QED) is 0.161. The molecule has 0 fully saturated rings. The minimum Gasteiger partial charge on any atom is -0.504 e. The first-order chi connectivity index (χ1) is 18.2. The van der Waals surface area contributed by atoms with Crippen molar-refractivity contribution in [3.8, 4) is 5.75 Å². The van der Waals surface area contributed by atoms with Crippen LogP contribution in [0.5, 0.6) is 5.75 Å². The van der Waals surface area contributed by atoms with Crippen LogP contribution >= 0.6 is 54.2 Å². The van der Waals surface area contributed by atoms with Crippen molar-refractivity contribution < 1.29 is 35.6 Å². The van der Waals surface area contributed by atoms with Crippen LogP contribution in [0.15, 0.2) is 64.4 Å². The third kappa shape index (κ3) is 6.78. The maximum atomic E-state index is 14.0. The molecule has 3 aromatic rings. The number of benzene rings is 3. The molecule has 0 aliphatic rings. The van der Waals surface area contributed by atoms with Crippen LogP contribution in [0.2, 0.25) is 20.1 Å². The molecule has 0 saturated carbocycles. The Hall–Kier alpha value is -1.73. The maximum absolute atomic E-state index is 14.0. The molecular formula is C22H21Cl4N2O8PS2. The highest BCUT2D eigenvalue weighted by atomic mass is 35.5. The Bertz CT molecular complexity index is 1610. The molecule has 0 bridgehead atoms. The van der Waals surface area contributed by atoms with E-state index < -0.39 is 55.0 Å². The van der Waals surface area contributed by atoms with E-state index in [4.69, 9.17) is 55.5 Å². The monoisotopic (exact) mass is 676 g/mol. The van der Waals surface area contributed by atoms with E-state index in [1.807, 2.05) is 0 Å². The molecule has 0 spiro atoms. The molecule has 0 unspecified atom stereocenters. The van der Waals surface area contributed by atoms with Crippen LogP contribution in [0.4, 0.5) is 11.4 Å². The average molecular weight is 678 g/mol. The van der Waals surface area contributed by atoms with Crippen LogP contribution < -0.4 is 8.80 Å². The van der Waals surface area contributed by atoms with Crippen molar-refractivity contribution in [2.24, 2.45) is 0 Å². The molecule has 17 heteroatoms. The highest BCUT2D eigenvalue weighted by Gasteiger charge is 2.45. The van der Waals surface area contributed by atoms with Gasteiger partial charge in [-0.2, -0.15) is 4.08 Å². The van der Waals surface area contributed by atoms with E-state index in [-0.39, 0.29) is 37.1 Å². The third-order valence-corrected chi connectivity index (χ3v) is 12.2. The number of phenols is 1. The van der Waals surface area contributed by atoms with Gasteiger partial charge in [-0.1, -0.05) is 46.4 Å². The van der Waals surface area contributed by atoms with Gasteiger partial charge in [-0.25, -0.2) is 21.4 Å². The molecule has 0 heterocycles. The lowest BCUT2D eigenvalue weighted by molar-refractivity contribution is 0.221. The van der Waals surface area contributed by atoms with Gasteiger partial charge in [0.1, 0.15) is 5.02 Å².